The van der Waals surface area contributed by atoms with Crippen molar-refractivity contribution in [2.75, 3.05) is 0 Å². The second-order valence-corrected chi connectivity index (χ2v) is 4.24. The van der Waals surface area contributed by atoms with E-state index in [2.05, 4.69) is 11.9 Å². The Morgan fingerprint density at radius 3 is 1.95 bits per heavy atom. The Bertz CT molecular complexity index is 589. The number of nitriles is 1. The van der Waals surface area contributed by atoms with E-state index in [4.69, 9.17) is 21.4 Å². The highest BCUT2D eigenvalue weighted by Gasteiger charge is 2.09. The summed E-state index contributed by atoms with van der Waals surface area (Å²) in [6, 6.07) is 14.8. The zero-order valence-corrected chi connectivity index (χ0v) is 10.9. The van der Waals surface area contributed by atoms with E-state index < -0.39 is 0 Å². The van der Waals surface area contributed by atoms with Crippen LogP contribution in [0.1, 0.15) is 24.0 Å². The molecule has 2 aromatic rings. The zero-order chi connectivity index (χ0) is 14.4. The van der Waals surface area contributed by atoms with Gasteiger partial charge < -0.3 is 4.74 Å². The van der Waals surface area contributed by atoms with E-state index in [9.17, 15) is 0 Å². The summed E-state index contributed by atoms with van der Waals surface area (Å²) in [5, 5.41) is 11.3. The lowest BCUT2D eigenvalue weighted by Gasteiger charge is -2.12. The molecule has 0 aliphatic rings. The molecule has 0 N–H and O–H groups in total. The number of ether oxygens (including phenoxy) is 1. The molecule has 20 heavy (non-hydrogen) atoms. The first kappa shape index (κ1) is 13.5. The lowest BCUT2D eigenvalue weighted by molar-refractivity contribution is 0.472. The van der Waals surface area contributed by atoms with Gasteiger partial charge in [0.1, 0.15) is 5.75 Å². The van der Waals surface area contributed by atoms with E-state index in [1.54, 1.807) is 30.5 Å². The van der Waals surface area contributed by atoms with E-state index in [0.29, 0.717) is 11.5 Å². The molecule has 98 valence electrons. The summed E-state index contributed by atoms with van der Waals surface area (Å²) in [5.74, 6) is 1.27. The Labute approximate surface area is 117 Å². The van der Waals surface area contributed by atoms with Gasteiger partial charge in [-0.1, -0.05) is 31.2 Å². The normalized spacial score (nSPS) is 10.9. The molecule has 1 atom stereocenters. The quantitative estimate of drug-likeness (QED) is 0.478. The molecule has 0 saturated heterocycles. The molecule has 0 fully saturated rings. The van der Waals surface area contributed by atoms with Crippen molar-refractivity contribution in [2.24, 2.45) is 0 Å². The lowest BCUT2D eigenvalue weighted by atomic mass is 9.93. The van der Waals surface area contributed by atoms with Crippen LogP contribution in [0.15, 0.2) is 48.5 Å². The van der Waals surface area contributed by atoms with Crippen molar-refractivity contribution in [2.45, 2.75) is 12.8 Å². The molecule has 0 saturated carbocycles. The minimum absolute atomic E-state index is 0.202. The molecule has 0 bridgehead atoms. The van der Waals surface area contributed by atoms with Gasteiger partial charge >= 0.3 is 0 Å². The topological polar surface area (TPSA) is 46.6 Å². The van der Waals surface area contributed by atoms with Crippen LogP contribution in [-0.2, 0) is 0 Å². The predicted molar refractivity (Wildman–Crippen MR) is 73.9 cm³/mol. The van der Waals surface area contributed by atoms with Gasteiger partial charge in [-0.05, 0) is 40.4 Å². The van der Waals surface area contributed by atoms with Gasteiger partial charge in [-0.25, -0.2) is 0 Å². The molecule has 2 aromatic carbocycles. The Morgan fingerprint density at radius 1 is 1.00 bits per heavy atom. The number of hydrogen-bond acceptors (Lipinski definition) is 3. The zero-order valence-electron chi connectivity index (χ0n) is 10.9. The summed E-state index contributed by atoms with van der Waals surface area (Å²) in [6.07, 6.45) is 1.64. The molecular weight excluding hydrogens is 252 g/mol. The van der Waals surface area contributed by atoms with Crippen molar-refractivity contribution in [3.8, 4) is 17.8 Å². The number of nitrogens with zero attached hydrogens (tertiary/aromatic N) is 2. The van der Waals surface area contributed by atoms with Gasteiger partial charge in [0.15, 0.2) is 0 Å². The van der Waals surface area contributed by atoms with Gasteiger partial charge in [-0.2, -0.15) is 11.4 Å². The average Bonchev–Trinajstić information content (AvgIpc) is 2.49. The lowest BCUT2D eigenvalue weighted by Crippen LogP contribution is -1.96. The Hall–Kier alpha value is -2.98. The third kappa shape index (κ3) is 3.07. The molecule has 4 heteroatoms. The van der Waals surface area contributed by atoms with Crippen LogP contribution >= 0.6 is 0 Å². The molecule has 0 amide bonds. The maximum Gasteiger partial charge on any atom is 0.292 e. The van der Waals surface area contributed by atoms with Gasteiger partial charge in [-0.15, -0.1) is 5.26 Å². The molecule has 0 heterocycles. The monoisotopic (exact) mass is 264 g/mol. The fourth-order valence-corrected chi connectivity index (χ4v) is 1.94. The van der Waals surface area contributed by atoms with Gasteiger partial charge in [0.05, 0.1) is 0 Å². The van der Waals surface area contributed by atoms with Crippen molar-refractivity contribution < 1.29 is 9.57 Å². The molecule has 4 nitrogen and oxygen atoms in total. The third-order valence-corrected chi connectivity index (χ3v) is 3.07. The van der Waals surface area contributed by atoms with Crippen LogP contribution in [0.4, 0.5) is 0 Å². The van der Waals surface area contributed by atoms with Crippen LogP contribution in [0.5, 0.6) is 11.5 Å². The molecule has 0 aliphatic carbocycles. The van der Waals surface area contributed by atoms with Gasteiger partial charge in [0, 0.05) is 5.92 Å². The maximum absolute atomic E-state index is 8.44. The number of benzene rings is 2. The highest BCUT2D eigenvalue weighted by molar-refractivity contribution is 5.37. The molecule has 1 unspecified atom stereocenters. The minimum Gasteiger partial charge on any atom is -0.388 e. The van der Waals surface area contributed by atoms with E-state index in [-0.39, 0.29) is 5.92 Å². The standard InChI is InChI=1S/C16H12N2O2/c1-12(13-3-7-15(8-4-13)19-11-17)14-5-9-16(10-6-14)20-18-2/h3-10,12H,1H3. The summed E-state index contributed by atoms with van der Waals surface area (Å²) in [5.41, 5.74) is 2.24. The summed E-state index contributed by atoms with van der Waals surface area (Å²) < 4.78 is 4.75. The predicted octanol–water partition coefficient (Wildman–Crippen LogP) is 3.91. The van der Waals surface area contributed by atoms with Gasteiger partial charge in [0.25, 0.3) is 6.26 Å². The van der Waals surface area contributed by atoms with Crippen LogP contribution < -0.4 is 9.57 Å². The van der Waals surface area contributed by atoms with E-state index >= 15 is 0 Å². The average molecular weight is 264 g/mol. The first-order valence-electron chi connectivity index (χ1n) is 6.04. The maximum atomic E-state index is 8.44. The summed E-state index contributed by atoms with van der Waals surface area (Å²) in [4.78, 5) is 4.73. The summed E-state index contributed by atoms with van der Waals surface area (Å²) in [7, 11) is 0. The Balaban J connectivity index is 2.16. The molecular formula is C16H12N2O2. The highest BCUT2D eigenvalue weighted by Crippen LogP contribution is 2.27. The fraction of sp³-hybridized carbons (Fsp3) is 0.125. The smallest absolute Gasteiger partial charge is 0.292 e. The van der Waals surface area contributed by atoms with Crippen molar-refractivity contribution in [3.63, 3.8) is 0 Å². The second kappa shape index (κ2) is 6.26. The minimum atomic E-state index is 0.202. The van der Waals surface area contributed by atoms with Crippen LogP contribution in [0.3, 0.4) is 0 Å². The fourth-order valence-electron chi connectivity index (χ4n) is 1.94. The number of hydrogen-bond donors (Lipinski definition) is 0. The van der Waals surface area contributed by atoms with Crippen LogP contribution in [-0.4, -0.2) is 0 Å². The van der Waals surface area contributed by atoms with E-state index in [1.165, 1.54) is 0 Å². The molecule has 2 rings (SSSR count). The third-order valence-electron chi connectivity index (χ3n) is 3.07. The van der Waals surface area contributed by atoms with E-state index in [0.717, 1.165) is 11.1 Å². The van der Waals surface area contributed by atoms with Gasteiger partial charge in [0.2, 0.25) is 5.75 Å². The largest absolute Gasteiger partial charge is 0.388 e. The first-order chi connectivity index (χ1) is 9.74. The Kier molecular flexibility index (Phi) is 4.21. The molecule has 0 radical (unpaired) electrons. The van der Waals surface area contributed by atoms with Crippen molar-refractivity contribution in [1.82, 2.24) is 0 Å². The van der Waals surface area contributed by atoms with Crippen molar-refractivity contribution >= 4 is 0 Å². The van der Waals surface area contributed by atoms with Crippen LogP contribution in [0.25, 0.3) is 5.01 Å². The van der Waals surface area contributed by atoms with Crippen LogP contribution in [0.2, 0.25) is 0 Å². The van der Waals surface area contributed by atoms with Crippen molar-refractivity contribution in [3.05, 3.63) is 71.2 Å². The van der Waals surface area contributed by atoms with E-state index in [1.807, 2.05) is 24.3 Å². The van der Waals surface area contributed by atoms with Gasteiger partial charge in [-0.3, -0.25) is 0 Å². The number of rotatable bonds is 4. The molecule has 0 aromatic heterocycles. The Morgan fingerprint density at radius 2 is 1.50 bits per heavy atom. The highest BCUT2D eigenvalue weighted by atomic mass is 16.6. The SMILES string of the molecule is [C-]#[N+]Oc1ccc(C(C)c2ccc(OC#N)cc2)cc1. The summed E-state index contributed by atoms with van der Waals surface area (Å²) >= 11 is 0. The summed E-state index contributed by atoms with van der Waals surface area (Å²) in [6.45, 7) is 8.72. The molecule has 0 spiro atoms. The van der Waals surface area contributed by atoms with Crippen LogP contribution in [0, 0.1) is 18.1 Å². The molecule has 0 aliphatic heterocycles. The second-order valence-electron chi connectivity index (χ2n) is 4.24. The van der Waals surface area contributed by atoms with Crippen molar-refractivity contribution in [1.29, 1.82) is 5.26 Å². The first-order valence-corrected chi connectivity index (χ1v) is 6.04.